The zero-order chi connectivity index (χ0) is 13.3. The van der Waals surface area contributed by atoms with Crippen LogP contribution in [0.3, 0.4) is 0 Å². The normalized spacial score (nSPS) is 25.4. The lowest BCUT2D eigenvalue weighted by molar-refractivity contribution is 0.462. The Morgan fingerprint density at radius 3 is 2.17 bits per heavy atom. The number of nitrogen functional groups attached to an aromatic ring is 1. The van der Waals surface area contributed by atoms with Crippen LogP contribution in [0.2, 0.25) is 0 Å². The van der Waals surface area contributed by atoms with Gasteiger partial charge in [0.1, 0.15) is 0 Å². The Hall–Kier alpha value is -1.07. The van der Waals surface area contributed by atoms with Crippen LogP contribution in [0.15, 0.2) is 24.3 Å². The molecular formula is C13H20N2O2S. The van der Waals surface area contributed by atoms with E-state index in [1.54, 1.807) is 28.6 Å². The van der Waals surface area contributed by atoms with Gasteiger partial charge in [-0.25, -0.2) is 12.7 Å². The minimum atomic E-state index is -3.20. The minimum Gasteiger partial charge on any atom is -0.399 e. The molecule has 18 heavy (non-hydrogen) atoms. The van der Waals surface area contributed by atoms with E-state index < -0.39 is 10.0 Å². The zero-order valence-corrected chi connectivity index (χ0v) is 11.7. The van der Waals surface area contributed by atoms with Gasteiger partial charge in [0.25, 0.3) is 0 Å². The van der Waals surface area contributed by atoms with Gasteiger partial charge < -0.3 is 5.73 Å². The smallest absolute Gasteiger partial charge is 0.218 e. The highest BCUT2D eigenvalue weighted by Gasteiger charge is 2.33. The molecule has 100 valence electrons. The van der Waals surface area contributed by atoms with Crippen molar-refractivity contribution in [3.63, 3.8) is 0 Å². The van der Waals surface area contributed by atoms with Gasteiger partial charge in [0.05, 0.1) is 5.75 Å². The van der Waals surface area contributed by atoms with E-state index in [-0.39, 0.29) is 5.75 Å². The molecule has 1 heterocycles. The number of hydrogen-bond acceptors (Lipinski definition) is 3. The van der Waals surface area contributed by atoms with Crippen LogP contribution in [0.5, 0.6) is 0 Å². The first-order valence-electron chi connectivity index (χ1n) is 6.21. The van der Waals surface area contributed by atoms with Crippen molar-refractivity contribution in [2.24, 2.45) is 11.8 Å². The molecule has 0 aromatic heterocycles. The van der Waals surface area contributed by atoms with Gasteiger partial charge >= 0.3 is 0 Å². The van der Waals surface area contributed by atoms with Crippen LogP contribution in [0.4, 0.5) is 5.69 Å². The Morgan fingerprint density at radius 2 is 1.67 bits per heavy atom. The summed E-state index contributed by atoms with van der Waals surface area (Å²) in [6.45, 7) is 5.48. The maximum atomic E-state index is 12.3. The van der Waals surface area contributed by atoms with Gasteiger partial charge in [-0.2, -0.15) is 0 Å². The molecule has 1 aromatic carbocycles. The number of anilines is 1. The molecule has 2 unspecified atom stereocenters. The largest absolute Gasteiger partial charge is 0.399 e. The van der Waals surface area contributed by atoms with Gasteiger partial charge in [-0.15, -0.1) is 0 Å². The van der Waals surface area contributed by atoms with E-state index in [9.17, 15) is 8.42 Å². The van der Waals surface area contributed by atoms with Crippen molar-refractivity contribution in [3.05, 3.63) is 29.8 Å². The topological polar surface area (TPSA) is 63.4 Å². The molecular weight excluding hydrogens is 248 g/mol. The maximum Gasteiger partial charge on any atom is 0.218 e. The van der Waals surface area contributed by atoms with Crippen molar-refractivity contribution in [2.75, 3.05) is 18.8 Å². The van der Waals surface area contributed by atoms with E-state index in [2.05, 4.69) is 13.8 Å². The van der Waals surface area contributed by atoms with Crippen molar-refractivity contribution in [2.45, 2.75) is 19.6 Å². The summed E-state index contributed by atoms with van der Waals surface area (Å²) in [5.41, 5.74) is 7.03. The lowest BCUT2D eigenvalue weighted by Crippen LogP contribution is -2.30. The molecule has 0 saturated carbocycles. The van der Waals surface area contributed by atoms with E-state index in [4.69, 9.17) is 5.73 Å². The van der Waals surface area contributed by atoms with Crippen LogP contribution in [0.25, 0.3) is 0 Å². The number of nitrogens with zero attached hydrogens (tertiary/aromatic N) is 1. The van der Waals surface area contributed by atoms with Crippen LogP contribution < -0.4 is 5.73 Å². The molecule has 2 atom stereocenters. The van der Waals surface area contributed by atoms with Crippen LogP contribution in [-0.4, -0.2) is 25.8 Å². The summed E-state index contributed by atoms with van der Waals surface area (Å²) >= 11 is 0. The van der Waals surface area contributed by atoms with Crippen molar-refractivity contribution >= 4 is 15.7 Å². The first-order chi connectivity index (χ1) is 8.38. The molecule has 1 aliphatic rings. The summed E-state index contributed by atoms with van der Waals surface area (Å²) in [6, 6.07) is 7.02. The molecule has 2 N–H and O–H groups in total. The predicted octanol–water partition coefficient (Wildman–Crippen LogP) is 1.69. The standard InChI is InChI=1S/C13H20N2O2S/c1-10-7-15(8-11(10)2)18(16,17)9-12-3-5-13(14)6-4-12/h3-6,10-11H,7-9,14H2,1-2H3. The molecule has 4 nitrogen and oxygen atoms in total. The molecule has 0 spiro atoms. The van der Waals surface area contributed by atoms with Gasteiger partial charge in [-0.1, -0.05) is 26.0 Å². The predicted molar refractivity (Wildman–Crippen MR) is 73.4 cm³/mol. The van der Waals surface area contributed by atoms with Crippen molar-refractivity contribution in [3.8, 4) is 0 Å². The number of rotatable bonds is 3. The fraction of sp³-hybridized carbons (Fsp3) is 0.538. The van der Waals surface area contributed by atoms with Crippen molar-refractivity contribution in [1.82, 2.24) is 4.31 Å². The third-order valence-corrected chi connectivity index (χ3v) is 5.46. The first-order valence-corrected chi connectivity index (χ1v) is 7.81. The van der Waals surface area contributed by atoms with Gasteiger partial charge in [-0.05, 0) is 29.5 Å². The van der Waals surface area contributed by atoms with Gasteiger partial charge in [0.15, 0.2) is 0 Å². The molecule has 5 heteroatoms. The average Bonchev–Trinajstić information content (AvgIpc) is 2.63. The Bertz CT molecular complexity index is 500. The van der Waals surface area contributed by atoms with E-state index in [1.165, 1.54) is 0 Å². The molecule has 1 aliphatic heterocycles. The average molecular weight is 268 g/mol. The van der Waals surface area contributed by atoms with E-state index in [0.717, 1.165) is 5.56 Å². The highest BCUT2D eigenvalue weighted by Crippen LogP contribution is 2.26. The highest BCUT2D eigenvalue weighted by atomic mass is 32.2. The zero-order valence-electron chi connectivity index (χ0n) is 10.8. The molecule has 0 radical (unpaired) electrons. The summed E-state index contributed by atoms with van der Waals surface area (Å²) in [5.74, 6) is 0.935. The van der Waals surface area contributed by atoms with E-state index in [0.29, 0.717) is 30.6 Å². The Kier molecular flexibility index (Phi) is 3.64. The van der Waals surface area contributed by atoms with Crippen molar-refractivity contribution < 1.29 is 8.42 Å². The summed E-state index contributed by atoms with van der Waals surface area (Å²) in [5, 5.41) is 0. The molecule has 0 bridgehead atoms. The van der Waals surface area contributed by atoms with E-state index >= 15 is 0 Å². The molecule has 2 rings (SSSR count). The molecule has 1 fully saturated rings. The van der Waals surface area contributed by atoms with Crippen LogP contribution in [0.1, 0.15) is 19.4 Å². The Balaban J connectivity index is 2.10. The summed E-state index contributed by atoms with van der Waals surface area (Å²) in [6.07, 6.45) is 0. The summed E-state index contributed by atoms with van der Waals surface area (Å²) < 4.78 is 26.2. The quantitative estimate of drug-likeness (QED) is 0.848. The van der Waals surface area contributed by atoms with Gasteiger partial charge in [-0.3, -0.25) is 0 Å². The summed E-state index contributed by atoms with van der Waals surface area (Å²) in [4.78, 5) is 0. The molecule has 0 amide bonds. The molecule has 0 aliphatic carbocycles. The lowest BCUT2D eigenvalue weighted by atomic mass is 10.0. The monoisotopic (exact) mass is 268 g/mol. The van der Waals surface area contributed by atoms with Crippen molar-refractivity contribution in [1.29, 1.82) is 0 Å². The Labute approximate surface area is 109 Å². The third kappa shape index (κ3) is 2.84. The lowest BCUT2D eigenvalue weighted by Gasteiger charge is -2.16. The fourth-order valence-corrected chi connectivity index (χ4v) is 3.94. The van der Waals surface area contributed by atoms with Crippen LogP contribution in [0, 0.1) is 11.8 Å². The summed E-state index contributed by atoms with van der Waals surface area (Å²) in [7, 11) is -3.20. The van der Waals surface area contributed by atoms with E-state index in [1.807, 2.05) is 0 Å². The third-order valence-electron chi connectivity index (χ3n) is 3.68. The fourth-order valence-electron chi connectivity index (χ4n) is 2.22. The SMILES string of the molecule is CC1CN(S(=O)(=O)Cc2ccc(N)cc2)CC1C. The second kappa shape index (κ2) is 4.90. The van der Waals surface area contributed by atoms with Crippen LogP contribution >= 0.6 is 0 Å². The number of benzene rings is 1. The molecule has 1 aromatic rings. The van der Waals surface area contributed by atoms with Crippen LogP contribution in [-0.2, 0) is 15.8 Å². The number of sulfonamides is 1. The molecule has 1 saturated heterocycles. The second-order valence-electron chi connectivity index (χ2n) is 5.27. The van der Waals surface area contributed by atoms with Gasteiger partial charge in [0.2, 0.25) is 10.0 Å². The second-order valence-corrected chi connectivity index (χ2v) is 7.24. The number of hydrogen-bond donors (Lipinski definition) is 1. The van der Waals surface area contributed by atoms with Gasteiger partial charge in [0, 0.05) is 18.8 Å². The number of nitrogens with two attached hydrogens (primary N) is 1. The highest BCUT2D eigenvalue weighted by molar-refractivity contribution is 7.88. The minimum absolute atomic E-state index is 0.0622. The maximum absolute atomic E-state index is 12.3. The first kappa shape index (κ1) is 13.4. The Morgan fingerprint density at radius 1 is 1.17 bits per heavy atom.